The first-order chi connectivity index (χ1) is 15.5. The first-order valence-corrected chi connectivity index (χ1v) is 11.0. The van der Waals surface area contributed by atoms with Gasteiger partial charge in [-0.3, -0.25) is 4.79 Å². The number of amides is 1. The van der Waals surface area contributed by atoms with Gasteiger partial charge in [0.25, 0.3) is 5.91 Å². The van der Waals surface area contributed by atoms with Crippen molar-refractivity contribution < 1.29 is 9.53 Å². The molecule has 0 spiro atoms. The highest BCUT2D eigenvalue weighted by Gasteiger charge is 2.12. The molecular formula is C25H25ClN4O2. The molecule has 0 radical (unpaired) electrons. The molecule has 0 unspecified atom stereocenters. The molecule has 1 N–H and O–H groups in total. The van der Waals surface area contributed by atoms with Crippen LogP contribution in [0.1, 0.15) is 30.9 Å². The maximum absolute atomic E-state index is 12.4. The highest BCUT2D eigenvalue weighted by atomic mass is 35.5. The summed E-state index contributed by atoms with van der Waals surface area (Å²) in [7, 11) is 0. The Bertz CT molecular complexity index is 1230. The van der Waals surface area contributed by atoms with Crippen LogP contribution in [0, 0.1) is 6.92 Å². The van der Waals surface area contributed by atoms with E-state index in [2.05, 4.69) is 34.6 Å². The maximum atomic E-state index is 12.4. The largest absolute Gasteiger partial charge is 0.484 e. The van der Waals surface area contributed by atoms with Crippen LogP contribution in [0.5, 0.6) is 5.75 Å². The molecule has 32 heavy (non-hydrogen) atoms. The van der Waals surface area contributed by atoms with E-state index in [1.54, 1.807) is 16.9 Å². The molecule has 0 aliphatic carbocycles. The number of halogens is 1. The molecule has 0 fully saturated rings. The fourth-order valence-electron chi connectivity index (χ4n) is 3.37. The number of anilines is 1. The predicted octanol–water partition coefficient (Wildman–Crippen LogP) is 5.74. The van der Waals surface area contributed by atoms with Gasteiger partial charge in [0.2, 0.25) is 0 Å². The molecular weight excluding hydrogens is 424 g/mol. The van der Waals surface area contributed by atoms with Gasteiger partial charge in [-0.05, 0) is 67.3 Å². The van der Waals surface area contributed by atoms with Gasteiger partial charge in [0, 0.05) is 0 Å². The van der Waals surface area contributed by atoms with Crippen LogP contribution in [0.15, 0.2) is 60.7 Å². The summed E-state index contributed by atoms with van der Waals surface area (Å²) in [5, 5.41) is 12.3. The van der Waals surface area contributed by atoms with Crippen LogP contribution in [0.2, 0.25) is 5.02 Å². The minimum absolute atomic E-state index is 0.116. The van der Waals surface area contributed by atoms with Crippen LogP contribution in [0.25, 0.3) is 16.7 Å². The number of hydrogen-bond donors (Lipinski definition) is 1. The van der Waals surface area contributed by atoms with Crippen LogP contribution in [0.3, 0.4) is 0 Å². The highest BCUT2D eigenvalue weighted by Crippen LogP contribution is 2.27. The summed E-state index contributed by atoms with van der Waals surface area (Å²) in [6.45, 7) is 4.04. The summed E-state index contributed by atoms with van der Waals surface area (Å²) in [4.78, 5) is 13.9. The lowest BCUT2D eigenvalue weighted by Gasteiger charge is -2.09. The van der Waals surface area contributed by atoms with Gasteiger partial charge in [-0.25, -0.2) is 0 Å². The Morgan fingerprint density at radius 3 is 2.53 bits per heavy atom. The topological polar surface area (TPSA) is 69.0 Å². The van der Waals surface area contributed by atoms with Gasteiger partial charge in [-0.1, -0.05) is 49.2 Å². The SMILES string of the molecule is CCCCc1ccc(-n2nc3cc(Cl)c(NC(=O)COc4cccc(C)c4)cc3n2)cc1. The van der Waals surface area contributed by atoms with E-state index in [0.717, 1.165) is 17.7 Å². The molecule has 1 amide bonds. The Morgan fingerprint density at radius 2 is 1.81 bits per heavy atom. The summed E-state index contributed by atoms with van der Waals surface area (Å²) < 4.78 is 5.56. The van der Waals surface area contributed by atoms with E-state index in [9.17, 15) is 4.79 Å². The zero-order valence-corrected chi connectivity index (χ0v) is 18.9. The zero-order chi connectivity index (χ0) is 22.5. The molecule has 1 heterocycles. The van der Waals surface area contributed by atoms with E-state index in [4.69, 9.17) is 16.3 Å². The van der Waals surface area contributed by atoms with Gasteiger partial charge in [-0.15, -0.1) is 10.2 Å². The number of nitrogens with zero attached hydrogens (tertiary/aromatic N) is 3. The predicted molar refractivity (Wildman–Crippen MR) is 128 cm³/mol. The fraction of sp³-hybridized carbons (Fsp3) is 0.240. The average Bonchev–Trinajstić information content (AvgIpc) is 3.19. The van der Waals surface area contributed by atoms with Crippen molar-refractivity contribution in [3.8, 4) is 11.4 Å². The molecule has 4 aromatic rings. The quantitative estimate of drug-likeness (QED) is 0.373. The molecule has 6 nitrogen and oxygen atoms in total. The maximum Gasteiger partial charge on any atom is 0.262 e. The second kappa shape index (κ2) is 9.83. The van der Waals surface area contributed by atoms with Gasteiger partial charge in [0.05, 0.1) is 16.4 Å². The first kappa shape index (κ1) is 21.8. The first-order valence-electron chi connectivity index (χ1n) is 10.7. The van der Waals surface area contributed by atoms with Crippen LogP contribution in [-0.4, -0.2) is 27.5 Å². The Morgan fingerprint density at radius 1 is 1.06 bits per heavy atom. The lowest BCUT2D eigenvalue weighted by molar-refractivity contribution is -0.118. The molecule has 4 rings (SSSR count). The third-order valence-corrected chi connectivity index (χ3v) is 5.40. The van der Waals surface area contributed by atoms with Gasteiger partial charge in [0.1, 0.15) is 16.8 Å². The van der Waals surface area contributed by atoms with Crippen LogP contribution in [0.4, 0.5) is 5.69 Å². The van der Waals surface area contributed by atoms with Gasteiger partial charge in [0.15, 0.2) is 6.61 Å². The monoisotopic (exact) mass is 448 g/mol. The number of carbonyl (C=O) groups is 1. The standard InChI is InChI=1S/C25H25ClN4O2/c1-3-4-7-18-9-11-19(12-10-18)30-28-23-14-21(26)22(15-24(23)29-30)27-25(31)16-32-20-8-5-6-17(2)13-20/h5-6,8-15H,3-4,7,16H2,1-2H3,(H,27,31). The van der Waals surface area contributed by atoms with Crippen molar-refractivity contribution in [3.05, 3.63) is 76.8 Å². The summed E-state index contributed by atoms with van der Waals surface area (Å²) in [5.41, 5.74) is 5.00. The van der Waals surface area contributed by atoms with Crippen molar-refractivity contribution >= 4 is 34.2 Å². The van der Waals surface area contributed by atoms with E-state index in [1.807, 2.05) is 43.3 Å². The van der Waals surface area contributed by atoms with Crippen molar-refractivity contribution in [1.82, 2.24) is 15.0 Å². The minimum atomic E-state index is -0.303. The molecule has 164 valence electrons. The summed E-state index contributed by atoms with van der Waals surface area (Å²) in [6, 6.07) is 19.2. The average molecular weight is 449 g/mol. The number of carbonyl (C=O) groups excluding carboxylic acids is 1. The van der Waals surface area contributed by atoms with Crippen molar-refractivity contribution in [2.24, 2.45) is 0 Å². The molecule has 1 aromatic heterocycles. The number of aromatic nitrogens is 3. The Balaban J connectivity index is 1.46. The fourth-order valence-corrected chi connectivity index (χ4v) is 3.57. The van der Waals surface area contributed by atoms with Gasteiger partial charge < -0.3 is 10.1 Å². The van der Waals surface area contributed by atoms with Crippen LogP contribution < -0.4 is 10.1 Å². The van der Waals surface area contributed by atoms with E-state index in [-0.39, 0.29) is 12.5 Å². The number of rotatable bonds is 8. The number of unbranched alkanes of at least 4 members (excludes halogenated alkanes) is 1. The number of benzene rings is 3. The number of fused-ring (bicyclic) bond motifs is 1. The van der Waals surface area contributed by atoms with E-state index < -0.39 is 0 Å². The third-order valence-electron chi connectivity index (χ3n) is 5.09. The summed E-state index contributed by atoms with van der Waals surface area (Å²) in [5.74, 6) is 0.341. The molecule has 0 saturated heterocycles. The lowest BCUT2D eigenvalue weighted by Crippen LogP contribution is -2.20. The zero-order valence-electron chi connectivity index (χ0n) is 18.1. The second-order valence-electron chi connectivity index (χ2n) is 7.73. The number of hydrogen-bond acceptors (Lipinski definition) is 4. The molecule has 0 aliphatic heterocycles. The van der Waals surface area contributed by atoms with Gasteiger partial charge >= 0.3 is 0 Å². The number of aryl methyl sites for hydroxylation is 2. The lowest BCUT2D eigenvalue weighted by atomic mass is 10.1. The van der Waals surface area contributed by atoms with Gasteiger partial charge in [-0.2, -0.15) is 4.80 Å². The van der Waals surface area contributed by atoms with Crippen LogP contribution >= 0.6 is 11.6 Å². The molecule has 0 atom stereocenters. The smallest absolute Gasteiger partial charge is 0.262 e. The third kappa shape index (κ3) is 5.26. The van der Waals surface area contributed by atoms with E-state index >= 15 is 0 Å². The van der Waals surface area contributed by atoms with Crippen LogP contribution in [-0.2, 0) is 11.2 Å². The summed E-state index contributed by atoms with van der Waals surface area (Å²) >= 11 is 6.38. The van der Waals surface area contributed by atoms with Crippen molar-refractivity contribution in [2.75, 3.05) is 11.9 Å². The molecule has 0 bridgehead atoms. The van der Waals surface area contributed by atoms with E-state index in [0.29, 0.717) is 27.5 Å². The molecule has 3 aromatic carbocycles. The minimum Gasteiger partial charge on any atom is -0.484 e. The Kier molecular flexibility index (Phi) is 6.71. The molecule has 7 heteroatoms. The van der Waals surface area contributed by atoms with E-state index in [1.165, 1.54) is 18.4 Å². The molecule has 0 saturated carbocycles. The molecule has 0 aliphatic rings. The second-order valence-corrected chi connectivity index (χ2v) is 8.14. The van der Waals surface area contributed by atoms with Crippen molar-refractivity contribution in [2.45, 2.75) is 33.1 Å². The van der Waals surface area contributed by atoms with Crippen molar-refractivity contribution in [3.63, 3.8) is 0 Å². The van der Waals surface area contributed by atoms with Crippen molar-refractivity contribution in [1.29, 1.82) is 0 Å². The number of ether oxygens (including phenoxy) is 1. The summed E-state index contributed by atoms with van der Waals surface area (Å²) in [6.07, 6.45) is 3.41. The number of nitrogens with one attached hydrogen (secondary N) is 1. The Hall–Kier alpha value is -3.38. The highest BCUT2D eigenvalue weighted by molar-refractivity contribution is 6.34. The Labute approximate surface area is 192 Å². The normalized spacial score (nSPS) is 11.0.